The van der Waals surface area contributed by atoms with Crippen LogP contribution in [0.25, 0.3) is 0 Å². The van der Waals surface area contributed by atoms with Crippen LogP contribution in [0.3, 0.4) is 0 Å². The van der Waals surface area contributed by atoms with Crippen LogP contribution in [0.5, 0.6) is 0 Å². The van der Waals surface area contributed by atoms with Crippen molar-refractivity contribution >= 4 is 5.97 Å². The molecule has 0 spiro atoms. The first kappa shape index (κ1) is 23.1. The van der Waals surface area contributed by atoms with Gasteiger partial charge in [-0.3, -0.25) is 9.36 Å². The van der Waals surface area contributed by atoms with Crippen molar-refractivity contribution in [3.05, 3.63) is 81.1 Å². The van der Waals surface area contributed by atoms with E-state index in [2.05, 4.69) is 6.58 Å². The molecule has 33 heavy (non-hydrogen) atoms. The van der Waals surface area contributed by atoms with E-state index in [1.54, 1.807) is 13.0 Å². The zero-order valence-electron chi connectivity index (χ0n) is 18.4. The molecule has 2 fully saturated rings. The van der Waals surface area contributed by atoms with Gasteiger partial charge in [0, 0.05) is 18.9 Å². The van der Waals surface area contributed by atoms with Crippen LogP contribution in [0.4, 0.5) is 0 Å². The van der Waals surface area contributed by atoms with Crippen LogP contribution in [0, 0.1) is 6.92 Å². The summed E-state index contributed by atoms with van der Waals surface area (Å²) in [4.78, 5) is 38.2. The number of aryl methyl sites for hydroxylation is 1. The predicted octanol–water partition coefficient (Wildman–Crippen LogP) is 1.20. The highest BCUT2D eigenvalue weighted by atomic mass is 16.7. The van der Waals surface area contributed by atoms with Crippen LogP contribution in [0.1, 0.15) is 23.8 Å². The van der Waals surface area contributed by atoms with Gasteiger partial charge < -0.3 is 24.1 Å². The zero-order valence-corrected chi connectivity index (χ0v) is 18.4. The summed E-state index contributed by atoms with van der Waals surface area (Å²) in [7, 11) is 1.37. The van der Waals surface area contributed by atoms with Gasteiger partial charge in [-0.1, -0.05) is 36.4 Å². The van der Waals surface area contributed by atoms with E-state index in [0.717, 1.165) is 10.1 Å². The molecule has 10 nitrogen and oxygen atoms in total. The topological polar surface area (TPSA) is 118 Å². The van der Waals surface area contributed by atoms with E-state index in [0.29, 0.717) is 0 Å². The van der Waals surface area contributed by atoms with Crippen molar-refractivity contribution in [2.45, 2.75) is 56.8 Å². The Labute approximate surface area is 189 Å². The molecular weight excluding hydrogens is 432 g/mol. The van der Waals surface area contributed by atoms with Crippen molar-refractivity contribution in [1.29, 1.82) is 0 Å². The Kier molecular flexibility index (Phi) is 6.35. The molecule has 2 aromatic rings. The average Bonchev–Trinajstić information content (AvgIpc) is 3.30. The molecule has 0 unspecified atom stereocenters. The van der Waals surface area contributed by atoms with Crippen molar-refractivity contribution in [2.24, 2.45) is 0 Å². The van der Waals surface area contributed by atoms with E-state index in [4.69, 9.17) is 18.9 Å². The summed E-state index contributed by atoms with van der Waals surface area (Å²) in [5.41, 5.74) is -1.85. The molecule has 0 aliphatic carbocycles. The standard InChI is InChI=1S/C23H26N2O8/c1-4-8-16-23(21(27)28)18(30-3)17(32-16)20(33-23)24-11-14(2)19(26)25(22(24)29)13-31-12-15-9-6-5-7-10-15/h4-7,9-11,16-18,20H,1,8,12-13H2,2-3H3,(H,27,28)/t16-,17+,18-,20+,23-/m0/s1. The molecule has 0 saturated carbocycles. The SMILES string of the molecule is C=CC[C@@H]1O[C@H]2[C@H](n3cc(C)c(=O)n(COCc4ccccc4)c3=O)O[C@]1(C(=O)O)[C@H]2OC. The van der Waals surface area contributed by atoms with E-state index < -0.39 is 47.4 Å². The number of fused-ring (bicyclic) bond motifs is 2. The van der Waals surface area contributed by atoms with Gasteiger partial charge in [0.25, 0.3) is 5.56 Å². The second kappa shape index (κ2) is 9.06. The Morgan fingerprint density at radius 3 is 2.67 bits per heavy atom. The molecule has 10 heteroatoms. The van der Waals surface area contributed by atoms with Gasteiger partial charge in [-0.15, -0.1) is 6.58 Å². The normalized spacial score (nSPS) is 28.2. The maximum Gasteiger partial charge on any atom is 0.341 e. The fraction of sp³-hybridized carbons (Fsp3) is 0.435. The van der Waals surface area contributed by atoms with Gasteiger partial charge in [-0.05, 0) is 18.9 Å². The third kappa shape index (κ3) is 3.74. The van der Waals surface area contributed by atoms with Gasteiger partial charge in [0.1, 0.15) is 25.0 Å². The summed E-state index contributed by atoms with van der Waals surface area (Å²) in [6.07, 6.45) is -0.624. The number of hydrogen-bond donors (Lipinski definition) is 1. The van der Waals surface area contributed by atoms with Crippen LogP contribution < -0.4 is 11.2 Å². The van der Waals surface area contributed by atoms with Gasteiger partial charge in [0.2, 0.25) is 5.60 Å². The Bertz CT molecular complexity index is 1160. The van der Waals surface area contributed by atoms with Crippen LogP contribution in [0.15, 0.2) is 58.8 Å². The summed E-state index contributed by atoms with van der Waals surface area (Å²) < 4.78 is 25.1. The molecule has 5 atom stereocenters. The Morgan fingerprint density at radius 1 is 1.30 bits per heavy atom. The maximum atomic E-state index is 13.2. The molecule has 3 heterocycles. The van der Waals surface area contributed by atoms with Gasteiger partial charge in [0.15, 0.2) is 6.23 Å². The molecule has 2 aliphatic rings. The first-order chi connectivity index (χ1) is 15.8. The Hall–Kier alpha value is -3.05. The minimum atomic E-state index is -1.81. The predicted molar refractivity (Wildman–Crippen MR) is 116 cm³/mol. The first-order valence-electron chi connectivity index (χ1n) is 10.5. The van der Waals surface area contributed by atoms with E-state index in [1.165, 1.54) is 17.9 Å². The number of rotatable bonds is 9. The molecule has 2 saturated heterocycles. The summed E-state index contributed by atoms with van der Waals surface area (Å²) in [5.74, 6) is -1.25. The first-order valence-corrected chi connectivity index (χ1v) is 10.5. The third-order valence-corrected chi connectivity index (χ3v) is 6.06. The zero-order chi connectivity index (χ0) is 23.8. The van der Waals surface area contributed by atoms with Crippen LogP contribution in [-0.2, 0) is 37.1 Å². The summed E-state index contributed by atoms with van der Waals surface area (Å²) in [5, 5.41) is 10.0. The molecule has 176 valence electrons. The lowest BCUT2D eigenvalue weighted by Crippen LogP contribution is -2.55. The number of aliphatic carboxylic acids is 1. The number of carboxylic acids is 1. The smallest absolute Gasteiger partial charge is 0.341 e. The Morgan fingerprint density at radius 2 is 2.03 bits per heavy atom. The van der Waals surface area contributed by atoms with Crippen molar-refractivity contribution in [3.8, 4) is 0 Å². The fourth-order valence-electron chi connectivity index (χ4n) is 4.52. The molecule has 2 bridgehead atoms. The summed E-state index contributed by atoms with van der Waals surface area (Å²) in [6, 6.07) is 9.34. The number of aromatic nitrogens is 2. The summed E-state index contributed by atoms with van der Waals surface area (Å²) >= 11 is 0. The highest BCUT2D eigenvalue weighted by molar-refractivity contribution is 5.81. The highest BCUT2D eigenvalue weighted by Crippen LogP contribution is 2.50. The van der Waals surface area contributed by atoms with Crippen molar-refractivity contribution in [3.63, 3.8) is 0 Å². The van der Waals surface area contributed by atoms with E-state index in [1.807, 2.05) is 30.3 Å². The van der Waals surface area contributed by atoms with Crippen molar-refractivity contribution in [1.82, 2.24) is 9.13 Å². The molecular formula is C23H26N2O8. The third-order valence-electron chi connectivity index (χ3n) is 6.06. The van der Waals surface area contributed by atoms with E-state index in [9.17, 15) is 19.5 Å². The lowest BCUT2D eigenvalue weighted by molar-refractivity contribution is -0.222. The molecule has 2 aliphatic heterocycles. The minimum absolute atomic E-state index is 0.212. The largest absolute Gasteiger partial charge is 0.479 e. The van der Waals surface area contributed by atoms with E-state index >= 15 is 0 Å². The van der Waals surface area contributed by atoms with Gasteiger partial charge in [-0.2, -0.15) is 0 Å². The minimum Gasteiger partial charge on any atom is -0.479 e. The quantitative estimate of drug-likeness (QED) is 0.557. The molecule has 4 rings (SSSR count). The second-order valence-corrected chi connectivity index (χ2v) is 8.07. The Balaban J connectivity index is 1.66. The monoisotopic (exact) mass is 458 g/mol. The summed E-state index contributed by atoms with van der Waals surface area (Å²) in [6.45, 7) is 5.14. The number of nitrogens with zero attached hydrogens (tertiary/aromatic N) is 2. The number of benzene rings is 1. The lowest BCUT2D eigenvalue weighted by atomic mass is 9.90. The van der Waals surface area contributed by atoms with Gasteiger partial charge >= 0.3 is 11.7 Å². The van der Waals surface area contributed by atoms with Crippen LogP contribution in [0.2, 0.25) is 0 Å². The number of ether oxygens (including phenoxy) is 4. The lowest BCUT2D eigenvalue weighted by Gasteiger charge is -2.34. The van der Waals surface area contributed by atoms with Crippen molar-refractivity contribution < 1.29 is 28.8 Å². The number of methoxy groups -OCH3 is 1. The highest BCUT2D eigenvalue weighted by Gasteiger charge is 2.71. The van der Waals surface area contributed by atoms with Gasteiger partial charge in [-0.25, -0.2) is 14.2 Å². The molecule has 1 N–H and O–H groups in total. The van der Waals surface area contributed by atoms with Gasteiger partial charge in [0.05, 0.1) is 6.61 Å². The number of carboxylic acid groups (broad SMARTS) is 1. The molecule has 0 radical (unpaired) electrons. The van der Waals surface area contributed by atoms with Crippen molar-refractivity contribution in [2.75, 3.05) is 7.11 Å². The second-order valence-electron chi connectivity index (χ2n) is 8.07. The number of hydrogen-bond acceptors (Lipinski definition) is 7. The van der Waals surface area contributed by atoms with Crippen LogP contribution >= 0.6 is 0 Å². The number of carbonyl (C=O) groups is 1. The maximum absolute atomic E-state index is 13.2. The molecule has 0 amide bonds. The molecule has 1 aromatic heterocycles. The molecule has 1 aromatic carbocycles. The van der Waals surface area contributed by atoms with E-state index in [-0.39, 0.29) is 25.3 Å². The average molecular weight is 458 g/mol. The fourth-order valence-corrected chi connectivity index (χ4v) is 4.52. The van der Waals surface area contributed by atoms with Crippen LogP contribution in [-0.4, -0.2) is 51.2 Å².